The van der Waals surface area contributed by atoms with Gasteiger partial charge in [-0.1, -0.05) is 36.4 Å². The van der Waals surface area contributed by atoms with Crippen molar-refractivity contribution in [2.24, 2.45) is 0 Å². The van der Waals surface area contributed by atoms with Gasteiger partial charge in [-0.05, 0) is 11.6 Å². The highest BCUT2D eigenvalue weighted by molar-refractivity contribution is 5.48. The minimum Gasteiger partial charge on any atom is -0.208 e. The van der Waals surface area contributed by atoms with Gasteiger partial charge in [-0.2, -0.15) is 5.11 Å². The first-order chi connectivity index (χ1) is 5.29. The predicted molar refractivity (Wildman–Crippen MR) is 41.1 cm³/mol. The number of hydrogen-bond donors (Lipinski definition) is 0. The van der Waals surface area contributed by atoms with Crippen LogP contribution in [0.5, 0.6) is 0 Å². The summed E-state index contributed by atoms with van der Waals surface area (Å²) in [6.45, 7) is 0. The van der Waals surface area contributed by atoms with E-state index in [9.17, 15) is 9.50 Å². The normalized spacial score (nSPS) is 13.6. The molecule has 1 nitrogen and oxygen atoms in total. The first-order valence-corrected chi connectivity index (χ1v) is 3.32. The lowest BCUT2D eigenvalue weighted by molar-refractivity contribution is 0.0197. The second-order valence-electron chi connectivity index (χ2n) is 2.12. The minimum atomic E-state index is -2.12. The molecule has 1 atom stereocenters. The Morgan fingerprint density at radius 3 is 2.45 bits per heavy atom. The third-order valence-electron chi connectivity index (χ3n) is 1.24. The molecule has 0 aliphatic rings. The third-order valence-corrected chi connectivity index (χ3v) is 1.24. The van der Waals surface area contributed by atoms with E-state index in [4.69, 9.17) is 0 Å². The quantitative estimate of drug-likeness (QED) is 0.618. The summed E-state index contributed by atoms with van der Waals surface area (Å²) in [4.78, 5) is 0. The summed E-state index contributed by atoms with van der Waals surface area (Å²) in [7, 11) is 0. The van der Waals surface area contributed by atoms with Crippen LogP contribution in [0.15, 0.2) is 36.4 Å². The first kappa shape index (κ1) is 7.95. The van der Waals surface area contributed by atoms with Gasteiger partial charge in [-0.25, -0.2) is 4.39 Å². The Labute approximate surface area is 64.8 Å². The molecule has 1 rings (SSSR count). The maximum atomic E-state index is 11.7. The van der Waals surface area contributed by atoms with Crippen LogP contribution in [0.2, 0.25) is 0 Å². The van der Waals surface area contributed by atoms with Crippen molar-refractivity contribution in [3.05, 3.63) is 42.0 Å². The van der Waals surface area contributed by atoms with Gasteiger partial charge in [0.2, 0.25) is 6.36 Å². The Balaban J connectivity index is 2.65. The average Bonchev–Trinajstić information content (AvgIpc) is 2.03. The van der Waals surface area contributed by atoms with Gasteiger partial charge in [-0.15, -0.1) is 0 Å². The molecular weight excluding hydrogens is 143 g/mol. The van der Waals surface area contributed by atoms with Crippen LogP contribution in [-0.2, 0) is 5.11 Å². The molecular formula is C9H8FO. The number of hydrogen-bond acceptors (Lipinski definition) is 0. The number of alkyl halides is 1. The Morgan fingerprint density at radius 1 is 1.27 bits per heavy atom. The molecule has 1 radical (unpaired) electrons. The Morgan fingerprint density at radius 2 is 1.91 bits per heavy atom. The van der Waals surface area contributed by atoms with Crippen LogP contribution >= 0.6 is 0 Å². The zero-order valence-electron chi connectivity index (χ0n) is 5.91. The van der Waals surface area contributed by atoms with Crippen molar-refractivity contribution < 1.29 is 9.50 Å². The van der Waals surface area contributed by atoms with E-state index in [1.807, 2.05) is 18.2 Å². The van der Waals surface area contributed by atoms with E-state index in [0.29, 0.717) is 0 Å². The van der Waals surface area contributed by atoms with Crippen LogP contribution in [0.25, 0.3) is 6.08 Å². The van der Waals surface area contributed by atoms with Crippen LogP contribution < -0.4 is 0 Å². The molecule has 0 bridgehead atoms. The number of halogens is 1. The molecule has 0 aliphatic heterocycles. The largest absolute Gasteiger partial charge is 0.250 e. The van der Waals surface area contributed by atoms with Crippen molar-refractivity contribution >= 4 is 6.08 Å². The zero-order chi connectivity index (χ0) is 8.10. The van der Waals surface area contributed by atoms with Crippen LogP contribution in [0.4, 0.5) is 4.39 Å². The highest BCUT2D eigenvalue weighted by Crippen LogP contribution is 2.02. The Bertz CT molecular complexity index is 229. The summed E-state index contributed by atoms with van der Waals surface area (Å²) < 4.78 is 11.7. The van der Waals surface area contributed by atoms with Gasteiger partial charge in [0.15, 0.2) is 0 Å². The lowest BCUT2D eigenvalue weighted by atomic mass is 10.2. The lowest BCUT2D eigenvalue weighted by Gasteiger charge is -1.90. The van der Waals surface area contributed by atoms with Gasteiger partial charge in [0.05, 0.1) is 0 Å². The van der Waals surface area contributed by atoms with Crippen molar-refractivity contribution in [3.8, 4) is 0 Å². The van der Waals surface area contributed by atoms with E-state index in [-0.39, 0.29) is 0 Å². The maximum absolute atomic E-state index is 11.7. The van der Waals surface area contributed by atoms with Gasteiger partial charge >= 0.3 is 0 Å². The van der Waals surface area contributed by atoms with E-state index >= 15 is 0 Å². The van der Waals surface area contributed by atoms with E-state index in [2.05, 4.69) is 0 Å². The van der Waals surface area contributed by atoms with Gasteiger partial charge in [0.1, 0.15) is 0 Å². The van der Waals surface area contributed by atoms with E-state index in [0.717, 1.165) is 11.6 Å². The molecule has 0 spiro atoms. The molecule has 0 saturated heterocycles. The first-order valence-electron chi connectivity index (χ1n) is 3.32. The fraction of sp³-hybridized carbons (Fsp3) is 0.111. The van der Waals surface area contributed by atoms with Crippen molar-refractivity contribution in [1.29, 1.82) is 0 Å². The predicted octanol–water partition coefficient (Wildman–Crippen LogP) is 2.43. The molecule has 1 aromatic carbocycles. The molecule has 1 unspecified atom stereocenters. The number of rotatable bonds is 2. The highest BCUT2D eigenvalue weighted by Gasteiger charge is 1.91. The SMILES string of the molecule is [O]C(F)/C=C/c1ccccc1. The Kier molecular flexibility index (Phi) is 2.81. The topological polar surface area (TPSA) is 19.9 Å². The van der Waals surface area contributed by atoms with Crippen LogP contribution in [-0.4, -0.2) is 6.36 Å². The van der Waals surface area contributed by atoms with Gasteiger partial charge in [0.25, 0.3) is 0 Å². The summed E-state index contributed by atoms with van der Waals surface area (Å²) in [5, 5.41) is 9.95. The molecule has 0 fully saturated rings. The maximum Gasteiger partial charge on any atom is 0.250 e. The molecule has 1 aromatic rings. The second kappa shape index (κ2) is 3.88. The molecule has 0 amide bonds. The van der Waals surface area contributed by atoms with E-state index in [1.54, 1.807) is 12.1 Å². The third kappa shape index (κ3) is 2.96. The molecule has 0 aromatic heterocycles. The molecule has 0 heterocycles. The summed E-state index contributed by atoms with van der Waals surface area (Å²) in [6.07, 6.45) is 0.336. The lowest BCUT2D eigenvalue weighted by Crippen LogP contribution is -1.85. The summed E-state index contributed by atoms with van der Waals surface area (Å²) >= 11 is 0. The monoisotopic (exact) mass is 151 g/mol. The van der Waals surface area contributed by atoms with Gasteiger partial charge < -0.3 is 0 Å². The van der Waals surface area contributed by atoms with Crippen LogP contribution in [0, 0.1) is 0 Å². The summed E-state index contributed by atoms with van der Waals surface area (Å²) in [6, 6.07) is 9.13. The number of benzene rings is 1. The Hall–Kier alpha value is -1.15. The summed E-state index contributed by atoms with van der Waals surface area (Å²) in [5.74, 6) is 0. The van der Waals surface area contributed by atoms with Crippen LogP contribution in [0.1, 0.15) is 5.56 Å². The van der Waals surface area contributed by atoms with Crippen molar-refractivity contribution in [1.82, 2.24) is 0 Å². The van der Waals surface area contributed by atoms with Crippen LogP contribution in [0.3, 0.4) is 0 Å². The second-order valence-corrected chi connectivity index (χ2v) is 2.12. The van der Waals surface area contributed by atoms with Crippen molar-refractivity contribution in [3.63, 3.8) is 0 Å². The van der Waals surface area contributed by atoms with Gasteiger partial charge in [0, 0.05) is 0 Å². The van der Waals surface area contributed by atoms with Gasteiger partial charge in [-0.3, -0.25) is 0 Å². The standard InChI is InChI=1S/C9H8FO/c10-9(11)7-6-8-4-2-1-3-5-8/h1-7,9H/b7-6+. The molecule has 0 aliphatic carbocycles. The fourth-order valence-electron chi connectivity index (χ4n) is 0.751. The molecule has 57 valence electrons. The molecule has 0 N–H and O–H groups in total. The smallest absolute Gasteiger partial charge is 0.208 e. The van der Waals surface area contributed by atoms with E-state index < -0.39 is 6.36 Å². The highest BCUT2D eigenvalue weighted by atomic mass is 19.1. The zero-order valence-corrected chi connectivity index (χ0v) is 5.91. The average molecular weight is 151 g/mol. The minimum absolute atomic E-state index is 0.839. The summed E-state index contributed by atoms with van der Waals surface area (Å²) in [5.41, 5.74) is 0.839. The van der Waals surface area contributed by atoms with Crippen molar-refractivity contribution in [2.75, 3.05) is 0 Å². The molecule has 11 heavy (non-hydrogen) atoms. The van der Waals surface area contributed by atoms with E-state index in [1.165, 1.54) is 6.08 Å². The molecule has 0 saturated carbocycles. The molecule has 2 heteroatoms. The van der Waals surface area contributed by atoms with Crippen molar-refractivity contribution in [2.45, 2.75) is 6.36 Å². The fourth-order valence-corrected chi connectivity index (χ4v) is 0.751.